The first-order valence-corrected chi connectivity index (χ1v) is 8.25. The summed E-state index contributed by atoms with van der Waals surface area (Å²) in [5, 5.41) is 13.3. The lowest BCUT2D eigenvalue weighted by molar-refractivity contribution is -0.145. The molecule has 0 radical (unpaired) electrons. The van der Waals surface area contributed by atoms with Gasteiger partial charge in [-0.3, -0.25) is 14.6 Å². The molecule has 0 saturated carbocycles. The molecule has 132 valence electrons. The van der Waals surface area contributed by atoms with Crippen molar-refractivity contribution in [1.82, 2.24) is 19.4 Å². The fourth-order valence-corrected chi connectivity index (χ4v) is 3.02. The summed E-state index contributed by atoms with van der Waals surface area (Å²) in [6, 6.07) is 6.35. The average molecular weight is 351 g/mol. The van der Waals surface area contributed by atoms with Crippen molar-refractivity contribution in [3.63, 3.8) is 0 Å². The van der Waals surface area contributed by atoms with Gasteiger partial charge < -0.3 is 19.9 Å². The summed E-state index contributed by atoms with van der Waals surface area (Å²) in [5.41, 5.74) is 1.01. The number of likely N-dealkylation sites (tertiary alicyclic amines) is 1. The van der Waals surface area contributed by atoms with Crippen molar-refractivity contribution >= 4 is 28.4 Å². The van der Waals surface area contributed by atoms with Crippen molar-refractivity contribution in [2.45, 2.75) is 19.0 Å². The molecule has 0 bridgehead atoms. The van der Waals surface area contributed by atoms with Crippen LogP contribution >= 0.6 is 0 Å². The Hall–Kier alpha value is -3.42. The Balaban J connectivity index is 1.44. The number of carbonyl (C=O) groups is 2. The molecule has 2 amide bonds. The summed E-state index contributed by atoms with van der Waals surface area (Å²) >= 11 is 0. The van der Waals surface area contributed by atoms with Crippen LogP contribution in [-0.4, -0.2) is 48.9 Å². The highest BCUT2D eigenvalue weighted by atomic mass is 16.3. The van der Waals surface area contributed by atoms with E-state index in [-0.39, 0.29) is 24.1 Å². The lowest BCUT2D eigenvalue weighted by Gasteiger charge is -2.39. The molecule has 1 unspecified atom stereocenters. The van der Waals surface area contributed by atoms with Crippen LogP contribution in [0.5, 0.6) is 5.75 Å². The maximum atomic E-state index is 12.5. The van der Waals surface area contributed by atoms with Crippen molar-refractivity contribution in [3.8, 4) is 5.75 Å². The van der Waals surface area contributed by atoms with Gasteiger partial charge in [0, 0.05) is 24.3 Å². The van der Waals surface area contributed by atoms with E-state index in [1.54, 1.807) is 46.4 Å². The van der Waals surface area contributed by atoms with Gasteiger partial charge in [-0.25, -0.2) is 4.98 Å². The second kappa shape index (κ2) is 6.47. The molecule has 8 nitrogen and oxygen atoms in total. The van der Waals surface area contributed by atoms with Crippen LogP contribution in [0.25, 0.3) is 10.9 Å². The third-order valence-electron chi connectivity index (χ3n) is 4.48. The molecule has 1 saturated heterocycles. The molecule has 0 spiro atoms. The molecule has 8 heteroatoms. The second-order valence-electron chi connectivity index (χ2n) is 6.19. The van der Waals surface area contributed by atoms with Crippen LogP contribution in [0.2, 0.25) is 0 Å². The summed E-state index contributed by atoms with van der Waals surface area (Å²) in [6.07, 6.45) is 7.02. The number of aromatic hydroxyl groups is 1. The molecule has 1 aliphatic rings. The fraction of sp³-hybridized carbons (Fsp3) is 0.222. The quantitative estimate of drug-likeness (QED) is 0.739. The number of amides is 2. The molecule has 3 aromatic rings. The largest absolute Gasteiger partial charge is 0.506 e. The highest BCUT2D eigenvalue weighted by molar-refractivity contribution is 5.99. The zero-order valence-electron chi connectivity index (χ0n) is 13.9. The highest BCUT2D eigenvalue weighted by Crippen LogP contribution is 2.25. The molecule has 1 aliphatic heterocycles. The van der Waals surface area contributed by atoms with E-state index in [1.807, 2.05) is 6.07 Å². The van der Waals surface area contributed by atoms with Crippen molar-refractivity contribution in [1.29, 1.82) is 0 Å². The van der Waals surface area contributed by atoms with Crippen molar-refractivity contribution in [2.75, 3.05) is 11.9 Å². The molecule has 0 aliphatic carbocycles. The van der Waals surface area contributed by atoms with Gasteiger partial charge in [0.15, 0.2) is 0 Å². The lowest BCUT2D eigenvalue weighted by Crippen LogP contribution is -2.57. The number of rotatable bonds is 4. The van der Waals surface area contributed by atoms with E-state index in [4.69, 9.17) is 0 Å². The zero-order chi connectivity index (χ0) is 18.1. The summed E-state index contributed by atoms with van der Waals surface area (Å²) < 4.78 is 1.68. The number of carbonyl (C=O) groups excluding carboxylic acids is 2. The third-order valence-corrected chi connectivity index (χ3v) is 4.48. The van der Waals surface area contributed by atoms with Gasteiger partial charge in [0.25, 0.3) is 0 Å². The Morgan fingerprint density at radius 1 is 1.35 bits per heavy atom. The Labute approximate surface area is 149 Å². The fourth-order valence-electron chi connectivity index (χ4n) is 3.02. The number of phenolic OH excluding ortho intramolecular Hbond substituents is 1. The maximum absolute atomic E-state index is 12.5. The van der Waals surface area contributed by atoms with Crippen LogP contribution < -0.4 is 5.32 Å². The van der Waals surface area contributed by atoms with Gasteiger partial charge in [0.2, 0.25) is 11.8 Å². The normalized spacial score (nSPS) is 16.3. The number of benzene rings is 1. The van der Waals surface area contributed by atoms with Crippen molar-refractivity contribution in [3.05, 3.63) is 49.2 Å². The molecular weight excluding hydrogens is 334 g/mol. The molecule has 1 atom stereocenters. The first-order valence-electron chi connectivity index (χ1n) is 8.25. The Morgan fingerprint density at radius 2 is 2.23 bits per heavy atom. The first-order chi connectivity index (χ1) is 12.6. The minimum Gasteiger partial charge on any atom is -0.506 e. The topological polar surface area (TPSA) is 100 Å². The molecule has 26 heavy (non-hydrogen) atoms. The van der Waals surface area contributed by atoms with Gasteiger partial charge >= 0.3 is 0 Å². The van der Waals surface area contributed by atoms with Crippen LogP contribution in [0.1, 0.15) is 6.42 Å². The summed E-state index contributed by atoms with van der Waals surface area (Å²) in [7, 11) is 0. The monoisotopic (exact) mass is 351 g/mol. The number of phenols is 1. The van der Waals surface area contributed by atoms with Gasteiger partial charge in [-0.05, 0) is 18.6 Å². The zero-order valence-corrected chi connectivity index (χ0v) is 13.9. The highest BCUT2D eigenvalue weighted by Gasteiger charge is 2.37. The van der Waals surface area contributed by atoms with E-state index >= 15 is 0 Å². The van der Waals surface area contributed by atoms with Gasteiger partial charge in [0.05, 0.1) is 18.2 Å². The Kier molecular flexibility index (Phi) is 4.00. The number of aromatic nitrogens is 3. The molecule has 2 N–H and O–H groups in total. The van der Waals surface area contributed by atoms with E-state index in [0.717, 1.165) is 5.39 Å². The van der Waals surface area contributed by atoms with Gasteiger partial charge in [0.1, 0.15) is 23.9 Å². The van der Waals surface area contributed by atoms with E-state index in [9.17, 15) is 14.7 Å². The number of imidazole rings is 1. The number of fused-ring (bicyclic) bond motifs is 1. The number of hydrogen-bond donors (Lipinski definition) is 2. The Morgan fingerprint density at radius 3 is 2.96 bits per heavy atom. The predicted molar refractivity (Wildman–Crippen MR) is 94.4 cm³/mol. The second-order valence-corrected chi connectivity index (χ2v) is 6.19. The molecule has 2 aromatic heterocycles. The van der Waals surface area contributed by atoms with E-state index in [1.165, 1.54) is 6.20 Å². The van der Waals surface area contributed by atoms with Crippen molar-refractivity contribution in [2.24, 2.45) is 0 Å². The van der Waals surface area contributed by atoms with Gasteiger partial charge in [-0.15, -0.1) is 0 Å². The standard InChI is InChI=1S/C18H17N5O3/c24-15-3-1-2-12-8-13(9-20-17(12)15)21-18(26)14-4-6-23(14)16(25)10-22-7-5-19-11-22/h1-3,5,7-9,11,14,24H,4,6,10H2,(H,21,26). The molecule has 1 aromatic carbocycles. The minimum atomic E-state index is -0.481. The summed E-state index contributed by atoms with van der Waals surface area (Å²) in [4.78, 5) is 34.5. The van der Waals surface area contributed by atoms with Crippen LogP contribution in [0.3, 0.4) is 0 Å². The van der Waals surface area contributed by atoms with Gasteiger partial charge in [-0.2, -0.15) is 0 Å². The first kappa shape index (κ1) is 16.1. The molecular formula is C18H17N5O3. The van der Waals surface area contributed by atoms with Crippen LogP contribution in [0.4, 0.5) is 5.69 Å². The summed E-state index contributed by atoms with van der Waals surface area (Å²) in [6.45, 7) is 0.732. The molecule has 4 rings (SSSR count). The number of anilines is 1. The number of hydrogen-bond acceptors (Lipinski definition) is 5. The number of nitrogens with one attached hydrogen (secondary N) is 1. The van der Waals surface area contributed by atoms with E-state index < -0.39 is 6.04 Å². The average Bonchev–Trinajstić information content (AvgIpc) is 3.06. The molecule has 1 fully saturated rings. The smallest absolute Gasteiger partial charge is 0.247 e. The van der Waals surface area contributed by atoms with Crippen LogP contribution in [-0.2, 0) is 16.1 Å². The lowest BCUT2D eigenvalue weighted by atomic mass is 10.0. The van der Waals surface area contributed by atoms with E-state index in [0.29, 0.717) is 24.2 Å². The number of pyridine rings is 1. The number of nitrogens with zero attached hydrogens (tertiary/aromatic N) is 4. The summed E-state index contributed by atoms with van der Waals surface area (Å²) in [5.74, 6) is -0.261. The third kappa shape index (κ3) is 2.97. The van der Waals surface area contributed by atoms with Gasteiger partial charge in [-0.1, -0.05) is 12.1 Å². The van der Waals surface area contributed by atoms with Crippen molar-refractivity contribution < 1.29 is 14.7 Å². The van der Waals surface area contributed by atoms with E-state index in [2.05, 4.69) is 15.3 Å². The van der Waals surface area contributed by atoms with Crippen LogP contribution in [0, 0.1) is 0 Å². The molecule has 3 heterocycles. The predicted octanol–water partition coefficient (Wildman–Crippen LogP) is 1.38. The van der Waals surface area contributed by atoms with Crippen LogP contribution in [0.15, 0.2) is 49.2 Å². The number of para-hydroxylation sites is 1. The maximum Gasteiger partial charge on any atom is 0.247 e. The SMILES string of the molecule is O=C(Nc1cnc2c(O)cccc2c1)C1CCN1C(=O)Cn1ccnc1. The Bertz CT molecular complexity index is 970. The minimum absolute atomic E-state index is 0.0932.